The van der Waals surface area contributed by atoms with Gasteiger partial charge < -0.3 is 5.32 Å². The molecule has 1 aromatic heterocycles. The van der Waals surface area contributed by atoms with Gasteiger partial charge in [0.25, 0.3) is 0 Å². The quantitative estimate of drug-likeness (QED) is 0.843. The molecular weight excluding hydrogens is 222 g/mol. The Labute approximate surface area is 109 Å². The zero-order valence-electron chi connectivity index (χ0n) is 11.3. The largest absolute Gasteiger partial charge is 0.303 e. The van der Waals surface area contributed by atoms with Gasteiger partial charge in [-0.25, -0.2) is 0 Å². The molecular formula is C15H21N3. The van der Waals surface area contributed by atoms with Crippen LogP contribution in [-0.4, -0.2) is 10.2 Å². The minimum atomic E-state index is 0.301. The third-order valence-corrected chi connectivity index (χ3v) is 3.36. The lowest BCUT2D eigenvalue weighted by atomic mass is 10.0. The van der Waals surface area contributed by atoms with Crippen molar-refractivity contribution in [2.45, 2.75) is 39.3 Å². The maximum absolute atomic E-state index is 4.00. The Bertz CT molecular complexity index is 459. The third-order valence-electron chi connectivity index (χ3n) is 3.36. The van der Waals surface area contributed by atoms with E-state index in [0.29, 0.717) is 12.1 Å². The van der Waals surface area contributed by atoms with E-state index in [2.05, 4.69) is 60.6 Å². The molecule has 3 nitrogen and oxygen atoms in total. The Hall–Kier alpha value is -1.61. The second-order valence-electron chi connectivity index (χ2n) is 4.79. The van der Waals surface area contributed by atoms with Gasteiger partial charge in [0.05, 0.1) is 6.20 Å². The van der Waals surface area contributed by atoms with Gasteiger partial charge in [-0.05, 0) is 25.8 Å². The highest BCUT2D eigenvalue weighted by atomic mass is 15.1. The molecule has 0 aliphatic carbocycles. The predicted molar refractivity (Wildman–Crippen MR) is 74.3 cm³/mol. The standard InChI is InChI=1S/C15H21N3/c1-4-15(13-7-5-11(2)6-8-13)18-12(3)14-9-16-17-10-14/h5-10,12,15,18H,4H2,1-3H3,(H,16,17). The van der Waals surface area contributed by atoms with Crippen molar-refractivity contribution in [3.05, 3.63) is 53.3 Å². The van der Waals surface area contributed by atoms with Gasteiger partial charge in [0.1, 0.15) is 0 Å². The molecule has 18 heavy (non-hydrogen) atoms. The number of nitrogens with one attached hydrogen (secondary N) is 2. The Morgan fingerprint density at radius 3 is 2.50 bits per heavy atom. The fourth-order valence-electron chi connectivity index (χ4n) is 2.14. The zero-order chi connectivity index (χ0) is 13.0. The molecule has 1 aromatic carbocycles. The fourth-order valence-corrected chi connectivity index (χ4v) is 2.14. The van der Waals surface area contributed by atoms with Crippen LogP contribution in [0.1, 0.15) is 49.0 Å². The molecule has 0 aliphatic heterocycles. The van der Waals surface area contributed by atoms with E-state index in [1.807, 2.05) is 12.4 Å². The normalized spacial score (nSPS) is 14.4. The number of benzene rings is 1. The van der Waals surface area contributed by atoms with Gasteiger partial charge >= 0.3 is 0 Å². The minimum Gasteiger partial charge on any atom is -0.303 e. The van der Waals surface area contributed by atoms with Gasteiger partial charge in [0.15, 0.2) is 0 Å². The van der Waals surface area contributed by atoms with Crippen molar-refractivity contribution in [3.8, 4) is 0 Å². The molecule has 0 bridgehead atoms. The first-order valence-corrected chi connectivity index (χ1v) is 6.52. The van der Waals surface area contributed by atoms with E-state index in [-0.39, 0.29) is 0 Å². The fraction of sp³-hybridized carbons (Fsp3) is 0.400. The van der Waals surface area contributed by atoms with Crippen molar-refractivity contribution in [3.63, 3.8) is 0 Å². The molecule has 2 N–H and O–H groups in total. The van der Waals surface area contributed by atoms with E-state index >= 15 is 0 Å². The lowest BCUT2D eigenvalue weighted by Gasteiger charge is -2.22. The van der Waals surface area contributed by atoms with Crippen LogP contribution in [0.2, 0.25) is 0 Å². The highest BCUT2D eigenvalue weighted by Gasteiger charge is 2.14. The summed E-state index contributed by atoms with van der Waals surface area (Å²) in [6.45, 7) is 6.49. The first-order chi connectivity index (χ1) is 8.70. The van der Waals surface area contributed by atoms with Gasteiger partial charge in [0.2, 0.25) is 0 Å². The molecule has 1 heterocycles. The Morgan fingerprint density at radius 2 is 1.94 bits per heavy atom. The molecule has 2 rings (SSSR count). The summed E-state index contributed by atoms with van der Waals surface area (Å²) in [5, 5.41) is 10.5. The van der Waals surface area contributed by atoms with Gasteiger partial charge in [-0.1, -0.05) is 36.8 Å². The average molecular weight is 243 g/mol. The van der Waals surface area contributed by atoms with Crippen LogP contribution in [0, 0.1) is 6.92 Å². The van der Waals surface area contributed by atoms with Crippen LogP contribution in [0.5, 0.6) is 0 Å². The van der Waals surface area contributed by atoms with Gasteiger partial charge in [-0.15, -0.1) is 0 Å². The lowest BCUT2D eigenvalue weighted by Crippen LogP contribution is -2.24. The molecule has 0 saturated carbocycles. The molecule has 96 valence electrons. The van der Waals surface area contributed by atoms with Crippen molar-refractivity contribution in [2.75, 3.05) is 0 Å². The van der Waals surface area contributed by atoms with E-state index in [9.17, 15) is 0 Å². The number of aryl methyl sites for hydroxylation is 1. The van der Waals surface area contributed by atoms with Crippen LogP contribution in [0.3, 0.4) is 0 Å². The Kier molecular flexibility index (Phi) is 4.15. The molecule has 0 aliphatic rings. The summed E-state index contributed by atoms with van der Waals surface area (Å²) in [4.78, 5) is 0. The van der Waals surface area contributed by atoms with Crippen molar-refractivity contribution < 1.29 is 0 Å². The molecule has 0 saturated heterocycles. The smallest absolute Gasteiger partial charge is 0.0534 e. The number of nitrogens with zero attached hydrogens (tertiary/aromatic N) is 1. The monoisotopic (exact) mass is 243 g/mol. The van der Waals surface area contributed by atoms with E-state index < -0.39 is 0 Å². The van der Waals surface area contributed by atoms with E-state index in [0.717, 1.165) is 6.42 Å². The molecule has 2 atom stereocenters. The first-order valence-electron chi connectivity index (χ1n) is 6.52. The summed E-state index contributed by atoms with van der Waals surface area (Å²) in [5.74, 6) is 0. The second-order valence-corrected chi connectivity index (χ2v) is 4.79. The number of hydrogen-bond donors (Lipinski definition) is 2. The van der Waals surface area contributed by atoms with Crippen molar-refractivity contribution >= 4 is 0 Å². The molecule has 3 heteroatoms. The number of aromatic amines is 1. The molecule has 2 aromatic rings. The summed E-state index contributed by atoms with van der Waals surface area (Å²) >= 11 is 0. The summed E-state index contributed by atoms with van der Waals surface area (Å²) in [6, 6.07) is 9.44. The van der Waals surface area contributed by atoms with Crippen molar-refractivity contribution in [1.82, 2.24) is 15.5 Å². The first kappa shape index (κ1) is 12.8. The number of rotatable bonds is 5. The van der Waals surface area contributed by atoms with Gasteiger partial charge in [-0.2, -0.15) is 5.10 Å². The number of H-pyrrole nitrogens is 1. The molecule has 0 amide bonds. The van der Waals surface area contributed by atoms with Crippen LogP contribution in [0.4, 0.5) is 0 Å². The summed E-state index contributed by atoms with van der Waals surface area (Å²) in [6.07, 6.45) is 4.89. The van der Waals surface area contributed by atoms with Crippen LogP contribution < -0.4 is 5.32 Å². The van der Waals surface area contributed by atoms with E-state index in [1.165, 1.54) is 16.7 Å². The van der Waals surface area contributed by atoms with Crippen LogP contribution in [0.15, 0.2) is 36.7 Å². The van der Waals surface area contributed by atoms with Crippen LogP contribution in [-0.2, 0) is 0 Å². The van der Waals surface area contributed by atoms with Gasteiger partial charge in [-0.3, -0.25) is 5.10 Å². The molecule has 0 spiro atoms. The van der Waals surface area contributed by atoms with Crippen molar-refractivity contribution in [2.24, 2.45) is 0 Å². The Morgan fingerprint density at radius 1 is 1.22 bits per heavy atom. The highest BCUT2D eigenvalue weighted by molar-refractivity contribution is 5.24. The van der Waals surface area contributed by atoms with Gasteiger partial charge in [0, 0.05) is 23.8 Å². The summed E-state index contributed by atoms with van der Waals surface area (Å²) in [5.41, 5.74) is 3.84. The molecule has 2 unspecified atom stereocenters. The zero-order valence-corrected chi connectivity index (χ0v) is 11.3. The maximum Gasteiger partial charge on any atom is 0.0534 e. The van der Waals surface area contributed by atoms with E-state index in [4.69, 9.17) is 0 Å². The number of hydrogen-bond acceptors (Lipinski definition) is 2. The predicted octanol–water partition coefficient (Wildman–Crippen LogP) is 3.52. The SMILES string of the molecule is CCC(NC(C)c1cn[nH]c1)c1ccc(C)cc1. The van der Waals surface area contributed by atoms with Crippen LogP contribution in [0.25, 0.3) is 0 Å². The maximum atomic E-state index is 4.00. The minimum absolute atomic E-state index is 0.301. The average Bonchev–Trinajstić information content (AvgIpc) is 2.91. The third kappa shape index (κ3) is 2.99. The summed E-state index contributed by atoms with van der Waals surface area (Å²) in [7, 11) is 0. The molecule has 0 radical (unpaired) electrons. The van der Waals surface area contributed by atoms with Crippen LogP contribution >= 0.6 is 0 Å². The highest BCUT2D eigenvalue weighted by Crippen LogP contribution is 2.21. The van der Waals surface area contributed by atoms with E-state index in [1.54, 1.807) is 0 Å². The summed E-state index contributed by atoms with van der Waals surface area (Å²) < 4.78 is 0. The molecule has 0 fully saturated rings. The number of aromatic nitrogens is 2. The van der Waals surface area contributed by atoms with Crippen molar-refractivity contribution in [1.29, 1.82) is 0 Å². The Balaban J connectivity index is 2.07. The lowest BCUT2D eigenvalue weighted by molar-refractivity contribution is 0.456. The topological polar surface area (TPSA) is 40.7 Å². The second kappa shape index (κ2) is 5.83.